The highest BCUT2D eigenvalue weighted by molar-refractivity contribution is 9.10. The molecule has 0 aromatic heterocycles. The highest BCUT2D eigenvalue weighted by Gasteiger charge is 2.33. The van der Waals surface area contributed by atoms with E-state index in [1.54, 1.807) is 36.4 Å². The molecule has 1 saturated heterocycles. The minimum atomic E-state index is -3.61. The van der Waals surface area contributed by atoms with Crippen molar-refractivity contribution in [3.05, 3.63) is 59.1 Å². The van der Waals surface area contributed by atoms with Gasteiger partial charge < -0.3 is 10.6 Å². The third-order valence-corrected chi connectivity index (χ3v) is 6.95. The van der Waals surface area contributed by atoms with Gasteiger partial charge in [-0.15, -0.1) is 0 Å². The fourth-order valence-electron chi connectivity index (χ4n) is 3.16. The number of hydrogen-bond acceptors (Lipinski definition) is 3. The molecule has 0 aliphatic carbocycles. The fraction of sp³-hybridized carbons (Fsp3) is 0.316. The van der Waals surface area contributed by atoms with E-state index in [0.717, 1.165) is 23.7 Å². The third kappa shape index (κ3) is 5.09. The number of nitrogens with zero attached hydrogens (tertiary/aromatic N) is 1. The van der Waals surface area contributed by atoms with Crippen LogP contribution in [0.25, 0.3) is 0 Å². The van der Waals surface area contributed by atoms with Crippen LogP contribution in [0.5, 0.6) is 0 Å². The van der Waals surface area contributed by atoms with E-state index in [-0.39, 0.29) is 23.5 Å². The molecule has 0 radical (unpaired) electrons. The van der Waals surface area contributed by atoms with Crippen LogP contribution >= 0.6 is 15.9 Å². The molecule has 3 rings (SSSR count). The smallest absolute Gasteiger partial charge is 0.319 e. The molecule has 0 saturated carbocycles. The van der Waals surface area contributed by atoms with E-state index in [0.29, 0.717) is 12.2 Å². The standard InChI is InChI=1S/C19H22BrN3O3S/c20-15-7-6-11-18(13-15)27(25,26)23-12-5-4-10-17(23)14-21-19(24)22-16-8-2-1-3-9-16/h1-3,6-9,11,13,17H,4-5,10,12,14H2,(H2,21,22,24). The van der Waals surface area contributed by atoms with Crippen molar-refractivity contribution >= 4 is 37.7 Å². The van der Waals surface area contributed by atoms with Crippen molar-refractivity contribution in [1.29, 1.82) is 0 Å². The molecule has 1 aliphatic rings. The van der Waals surface area contributed by atoms with Gasteiger partial charge in [0.1, 0.15) is 0 Å². The summed E-state index contributed by atoms with van der Waals surface area (Å²) in [5, 5.41) is 5.55. The number of urea groups is 1. The first-order valence-electron chi connectivity index (χ1n) is 8.84. The van der Waals surface area contributed by atoms with E-state index in [2.05, 4.69) is 26.6 Å². The minimum Gasteiger partial charge on any atom is -0.336 e. The maximum Gasteiger partial charge on any atom is 0.319 e. The second-order valence-electron chi connectivity index (χ2n) is 6.42. The van der Waals surface area contributed by atoms with Crippen LogP contribution in [0, 0.1) is 0 Å². The van der Waals surface area contributed by atoms with Crippen LogP contribution in [0.3, 0.4) is 0 Å². The zero-order chi connectivity index (χ0) is 19.3. The van der Waals surface area contributed by atoms with Gasteiger partial charge in [0.2, 0.25) is 10.0 Å². The van der Waals surface area contributed by atoms with Crippen LogP contribution in [0.1, 0.15) is 19.3 Å². The second-order valence-corrected chi connectivity index (χ2v) is 9.23. The van der Waals surface area contributed by atoms with Gasteiger partial charge in [0.25, 0.3) is 0 Å². The molecule has 1 aliphatic heterocycles. The summed E-state index contributed by atoms with van der Waals surface area (Å²) in [6, 6.07) is 15.2. The molecule has 27 heavy (non-hydrogen) atoms. The summed E-state index contributed by atoms with van der Waals surface area (Å²) >= 11 is 3.33. The Kier molecular flexibility index (Phi) is 6.51. The Morgan fingerprint density at radius 3 is 2.63 bits per heavy atom. The van der Waals surface area contributed by atoms with Crippen LogP contribution in [0.2, 0.25) is 0 Å². The summed E-state index contributed by atoms with van der Waals surface area (Å²) in [6.45, 7) is 0.730. The van der Waals surface area contributed by atoms with Gasteiger partial charge in [0.15, 0.2) is 0 Å². The molecule has 1 heterocycles. The lowest BCUT2D eigenvalue weighted by atomic mass is 10.1. The number of nitrogens with one attached hydrogen (secondary N) is 2. The molecule has 1 atom stereocenters. The summed E-state index contributed by atoms with van der Waals surface area (Å²) < 4.78 is 28.4. The number of carbonyl (C=O) groups is 1. The summed E-state index contributed by atoms with van der Waals surface area (Å²) in [5.41, 5.74) is 0.692. The van der Waals surface area contributed by atoms with Gasteiger partial charge >= 0.3 is 6.03 Å². The molecule has 2 aromatic rings. The molecule has 2 aromatic carbocycles. The number of rotatable bonds is 5. The van der Waals surface area contributed by atoms with Crippen molar-refractivity contribution < 1.29 is 13.2 Å². The Hall–Kier alpha value is -1.90. The zero-order valence-electron chi connectivity index (χ0n) is 14.8. The van der Waals surface area contributed by atoms with Crippen LogP contribution in [-0.4, -0.2) is 37.9 Å². The number of benzene rings is 2. The molecule has 1 unspecified atom stereocenters. The number of sulfonamides is 1. The summed E-state index contributed by atoms with van der Waals surface area (Å²) in [6.07, 6.45) is 2.48. The number of carbonyl (C=O) groups excluding carboxylic acids is 1. The number of anilines is 1. The first-order chi connectivity index (χ1) is 13.0. The topological polar surface area (TPSA) is 78.5 Å². The molecule has 1 fully saturated rings. The minimum absolute atomic E-state index is 0.260. The molecule has 2 N–H and O–H groups in total. The van der Waals surface area contributed by atoms with E-state index < -0.39 is 10.0 Å². The monoisotopic (exact) mass is 451 g/mol. The lowest BCUT2D eigenvalue weighted by molar-refractivity contribution is 0.231. The number of amides is 2. The van der Waals surface area contributed by atoms with E-state index in [4.69, 9.17) is 0 Å². The molecule has 2 amide bonds. The Morgan fingerprint density at radius 1 is 1.11 bits per heavy atom. The van der Waals surface area contributed by atoms with E-state index >= 15 is 0 Å². The van der Waals surface area contributed by atoms with Crippen molar-refractivity contribution in [2.75, 3.05) is 18.4 Å². The number of halogens is 1. The lowest BCUT2D eigenvalue weighted by Gasteiger charge is -2.34. The SMILES string of the molecule is O=C(NCC1CCCCN1S(=O)(=O)c1cccc(Br)c1)Nc1ccccc1. The summed E-state index contributed by atoms with van der Waals surface area (Å²) in [4.78, 5) is 12.4. The molecular weight excluding hydrogens is 430 g/mol. The van der Waals surface area contributed by atoms with E-state index in [9.17, 15) is 13.2 Å². The largest absolute Gasteiger partial charge is 0.336 e. The van der Waals surface area contributed by atoms with Crippen molar-refractivity contribution in [2.45, 2.75) is 30.2 Å². The Morgan fingerprint density at radius 2 is 1.89 bits per heavy atom. The zero-order valence-corrected chi connectivity index (χ0v) is 17.2. The summed E-state index contributed by atoms with van der Waals surface area (Å²) in [7, 11) is -3.61. The van der Waals surface area contributed by atoms with Gasteiger partial charge in [-0.3, -0.25) is 0 Å². The fourth-order valence-corrected chi connectivity index (χ4v) is 5.45. The molecular formula is C19H22BrN3O3S. The molecule has 0 spiro atoms. The van der Waals surface area contributed by atoms with Crippen LogP contribution in [0.15, 0.2) is 64.0 Å². The summed E-state index contributed by atoms with van der Waals surface area (Å²) in [5.74, 6) is 0. The van der Waals surface area contributed by atoms with Crippen molar-refractivity contribution in [3.63, 3.8) is 0 Å². The molecule has 6 nitrogen and oxygen atoms in total. The normalized spacial score (nSPS) is 18.0. The number of para-hydroxylation sites is 1. The predicted molar refractivity (Wildman–Crippen MR) is 109 cm³/mol. The third-order valence-electron chi connectivity index (χ3n) is 4.51. The average molecular weight is 452 g/mol. The quantitative estimate of drug-likeness (QED) is 0.724. The van der Waals surface area contributed by atoms with Crippen LogP contribution in [0.4, 0.5) is 10.5 Å². The van der Waals surface area contributed by atoms with Gasteiger partial charge in [-0.2, -0.15) is 4.31 Å². The van der Waals surface area contributed by atoms with Crippen molar-refractivity contribution in [2.24, 2.45) is 0 Å². The van der Waals surface area contributed by atoms with Crippen LogP contribution < -0.4 is 10.6 Å². The maximum absolute atomic E-state index is 13.1. The Bertz CT molecular complexity index is 890. The van der Waals surface area contributed by atoms with Gasteiger partial charge in [-0.05, 0) is 43.2 Å². The average Bonchev–Trinajstić information content (AvgIpc) is 2.67. The Balaban J connectivity index is 1.67. The van der Waals surface area contributed by atoms with Gasteiger partial charge in [0.05, 0.1) is 4.90 Å². The van der Waals surface area contributed by atoms with Gasteiger partial charge in [0, 0.05) is 29.3 Å². The second kappa shape index (κ2) is 8.86. The number of hydrogen-bond donors (Lipinski definition) is 2. The first-order valence-corrected chi connectivity index (χ1v) is 11.1. The van der Waals surface area contributed by atoms with Gasteiger partial charge in [-0.25, -0.2) is 13.2 Å². The lowest BCUT2D eigenvalue weighted by Crippen LogP contribution is -2.49. The first kappa shape index (κ1) is 19.9. The van der Waals surface area contributed by atoms with Gasteiger partial charge in [-0.1, -0.05) is 46.6 Å². The highest BCUT2D eigenvalue weighted by Crippen LogP contribution is 2.26. The molecule has 0 bridgehead atoms. The molecule has 144 valence electrons. The van der Waals surface area contributed by atoms with Crippen molar-refractivity contribution in [3.8, 4) is 0 Å². The van der Waals surface area contributed by atoms with E-state index in [1.165, 1.54) is 4.31 Å². The van der Waals surface area contributed by atoms with Crippen molar-refractivity contribution in [1.82, 2.24) is 9.62 Å². The maximum atomic E-state index is 13.1. The predicted octanol–water partition coefficient (Wildman–Crippen LogP) is 3.81. The van der Waals surface area contributed by atoms with E-state index in [1.807, 2.05) is 18.2 Å². The van der Waals surface area contributed by atoms with Crippen LogP contribution in [-0.2, 0) is 10.0 Å². The highest BCUT2D eigenvalue weighted by atomic mass is 79.9. The number of piperidine rings is 1. The molecule has 8 heteroatoms. The Labute approximate surface area is 168 Å².